The molecule has 0 saturated carbocycles. The van der Waals surface area contributed by atoms with Crippen molar-refractivity contribution in [1.82, 2.24) is 10.2 Å². The van der Waals surface area contributed by atoms with Gasteiger partial charge in [0.05, 0.1) is 6.61 Å². The highest BCUT2D eigenvalue weighted by Gasteiger charge is 2.35. The molecule has 1 heterocycles. The number of carbonyl (C=O) groups is 2. The number of nitrogens with one attached hydrogen (secondary N) is 1. The van der Waals surface area contributed by atoms with E-state index in [2.05, 4.69) is 79.0 Å². The zero-order valence-electron chi connectivity index (χ0n) is 21.5. The number of carbonyl (C=O) groups excluding carboxylic acids is 2. The number of hydrogen-bond acceptors (Lipinski definition) is 4. The van der Waals surface area contributed by atoms with Crippen molar-refractivity contribution < 1.29 is 14.3 Å². The summed E-state index contributed by atoms with van der Waals surface area (Å²) in [7, 11) is 0. The molecule has 36 heavy (non-hydrogen) atoms. The van der Waals surface area contributed by atoms with Gasteiger partial charge in [0, 0.05) is 44.4 Å². The standard InChI is InChI=1S/C31H38N2O3/c1-3-36-31(35)19-10-9-18-30(34)33-21-26(29(22-33)25-12-5-4-6-13-25)20-32-23(2)27-17-11-15-24-14-7-8-16-28(24)27/h4-8,11-17,23,26,29,32H,3,9-10,18-22H2,1-2H3/t23-,26+,29-/m1/s1. The van der Waals surface area contributed by atoms with Crippen molar-refractivity contribution in [3.8, 4) is 0 Å². The minimum Gasteiger partial charge on any atom is -0.466 e. The Bertz CT molecular complexity index is 1140. The molecule has 4 rings (SSSR count). The first-order chi connectivity index (χ1) is 17.6. The van der Waals surface area contributed by atoms with Crippen LogP contribution in [0, 0.1) is 5.92 Å². The van der Waals surface area contributed by atoms with Crippen LogP contribution >= 0.6 is 0 Å². The maximum Gasteiger partial charge on any atom is 0.305 e. The van der Waals surface area contributed by atoms with E-state index in [4.69, 9.17) is 4.74 Å². The predicted molar refractivity (Wildman–Crippen MR) is 145 cm³/mol. The van der Waals surface area contributed by atoms with Gasteiger partial charge < -0.3 is 15.0 Å². The van der Waals surface area contributed by atoms with E-state index < -0.39 is 0 Å². The van der Waals surface area contributed by atoms with Gasteiger partial charge in [-0.3, -0.25) is 9.59 Å². The second-order valence-electron chi connectivity index (χ2n) is 9.79. The topological polar surface area (TPSA) is 58.6 Å². The van der Waals surface area contributed by atoms with E-state index in [-0.39, 0.29) is 17.9 Å². The van der Waals surface area contributed by atoms with Crippen molar-refractivity contribution in [2.75, 3.05) is 26.2 Å². The van der Waals surface area contributed by atoms with Crippen LogP contribution in [0.3, 0.4) is 0 Å². The highest BCUT2D eigenvalue weighted by Crippen LogP contribution is 2.34. The van der Waals surface area contributed by atoms with Crippen LogP contribution in [0.5, 0.6) is 0 Å². The van der Waals surface area contributed by atoms with Crippen molar-refractivity contribution in [2.24, 2.45) is 5.92 Å². The summed E-state index contributed by atoms with van der Waals surface area (Å²) < 4.78 is 4.99. The van der Waals surface area contributed by atoms with Gasteiger partial charge in [0.2, 0.25) is 5.91 Å². The van der Waals surface area contributed by atoms with E-state index in [1.54, 1.807) is 0 Å². The monoisotopic (exact) mass is 486 g/mol. The molecule has 1 fully saturated rings. The smallest absolute Gasteiger partial charge is 0.305 e. The van der Waals surface area contributed by atoms with E-state index in [1.807, 2.05) is 17.9 Å². The summed E-state index contributed by atoms with van der Waals surface area (Å²) in [6, 6.07) is 25.8. The Hall–Kier alpha value is -3.18. The normalized spacial score (nSPS) is 18.3. The first-order valence-corrected chi connectivity index (χ1v) is 13.3. The number of amides is 1. The average molecular weight is 487 g/mol. The second kappa shape index (κ2) is 12.7. The molecule has 5 nitrogen and oxygen atoms in total. The zero-order chi connectivity index (χ0) is 25.3. The van der Waals surface area contributed by atoms with Crippen LogP contribution in [0.25, 0.3) is 10.8 Å². The number of ether oxygens (including phenoxy) is 1. The van der Waals surface area contributed by atoms with Gasteiger partial charge in [0.25, 0.3) is 0 Å². The molecular weight excluding hydrogens is 448 g/mol. The third kappa shape index (κ3) is 6.52. The molecule has 1 aliphatic rings. The lowest BCUT2D eigenvalue weighted by atomic mass is 9.88. The van der Waals surface area contributed by atoms with Gasteiger partial charge in [-0.1, -0.05) is 72.8 Å². The Kier molecular flexibility index (Phi) is 9.12. The predicted octanol–water partition coefficient (Wildman–Crippen LogP) is 5.86. The number of unbranched alkanes of at least 4 members (excludes halogenated alkanes) is 1. The molecule has 0 aromatic heterocycles. The minimum atomic E-state index is -0.179. The van der Waals surface area contributed by atoms with Crippen LogP contribution in [0.15, 0.2) is 72.8 Å². The Morgan fingerprint density at radius 3 is 2.47 bits per heavy atom. The molecule has 1 amide bonds. The fraction of sp³-hybridized carbons (Fsp3) is 0.419. The molecule has 0 aliphatic carbocycles. The molecule has 3 atom stereocenters. The van der Waals surface area contributed by atoms with Gasteiger partial charge in [0.15, 0.2) is 0 Å². The summed E-state index contributed by atoms with van der Waals surface area (Å²) in [6.07, 6.45) is 2.26. The molecule has 0 unspecified atom stereocenters. The van der Waals surface area contributed by atoms with Gasteiger partial charge >= 0.3 is 5.97 Å². The van der Waals surface area contributed by atoms with Crippen LogP contribution in [0.4, 0.5) is 0 Å². The van der Waals surface area contributed by atoms with Crippen molar-refractivity contribution in [1.29, 1.82) is 0 Å². The SMILES string of the molecule is CCOC(=O)CCCCC(=O)N1C[C@H](CN[C@H](C)c2cccc3ccccc23)[C@@H](c2ccccc2)C1. The molecule has 5 heteroatoms. The van der Waals surface area contributed by atoms with Crippen LogP contribution in [0.1, 0.15) is 62.6 Å². The van der Waals surface area contributed by atoms with Crippen molar-refractivity contribution in [3.63, 3.8) is 0 Å². The number of esters is 1. The molecule has 0 bridgehead atoms. The highest BCUT2D eigenvalue weighted by molar-refractivity contribution is 5.86. The van der Waals surface area contributed by atoms with Gasteiger partial charge in [-0.2, -0.15) is 0 Å². The number of rotatable bonds is 11. The van der Waals surface area contributed by atoms with E-state index in [0.29, 0.717) is 44.1 Å². The van der Waals surface area contributed by atoms with Crippen LogP contribution in [0.2, 0.25) is 0 Å². The van der Waals surface area contributed by atoms with E-state index in [9.17, 15) is 9.59 Å². The Labute approximate surface area is 214 Å². The van der Waals surface area contributed by atoms with Crippen LogP contribution in [-0.4, -0.2) is 43.0 Å². The molecule has 1 aliphatic heterocycles. The maximum absolute atomic E-state index is 13.0. The van der Waals surface area contributed by atoms with E-state index >= 15 is 0 Å². The Balaban J connectivity index is 1.38. The molecule has 3 aromatic carbocycles. The van der Waals surface area contributed by atoms with Gasteiger partial charge in [-0.05, 0) is 54.5 Å². The van der Waals surface area contributed by atoms with Gasteiger partial charge in [-0.25, -0.2) is 0 Å². The number of hydrogen-bond donors (Lipinski definition) is 1. The zero-order valence-corrected chi connectivity index (χ0v) is 21.5. The molecule has 0 spiro atoms. The summed E-state index contributed by atoms with van der Waals surface area (Å²) in [5.41, 5.74) is 2.59. The summed E-state index contributed by atoms with van der Waals surface area (Å²) in [5.74, 6) is 0.654. The fourth-order valence-electron chi connectivity index (χ4n) is 5.36. The maximum atomic E-state index is 13.0. The summed E-state index contributed by atoms with van der Waals surface area (Å²) in [5, 5.41) is 6.32. The Morgan fingerprint density at radius 1 is 0.944 bits per heavy atom. The first kappa shape index (κ1) is 25.9. The number of fused-ring (bicyclic) bond motifs is 1. The number of likely N-dealkylation sites (tertiary alicyclic amines) is 1. The third-order valence-corrected chi connectivity index (χ3v) is 7.32. The number of nitrogens with zero attached hydrogens (tertiary/aromatic N) is 1. The van der Waals surface area contributed by atoms with Crippen molar-refractivity contribution in [3.05, 3.63) is 83.9 Å². The fourth-order valence-corrected chi connectivity index (χ4v) is 5.36. The molecule has 1 saturated heterocycles. The van der Waals surface area contributed by atoms with Crippen LogP contribution < -0.4 is 5.32 Å². The van der Waals surface area contributed by atoms with Crippen molar-refractivity contribution >= 4 is 22.6 Å². The molecule has 1 N–H and O–H groups in total. The highest BCUT2D eigenvalue weighted by atomic mass is 16.5. The summed E-state index contributed by atoms with van der Waals surface area (Å²) in [4.78, 5) is 26.6. The quantitative estimate of drug-likeness (QED) is 0.273. The lowest BCUT2D eigenvalue weighted by Crippen LogP contribution is -2.31. The second-order valence-corrected chi connectivity index (χ2v) is 9.79. The lowest BCUT2D eigenvalue weighted by Gasteiger charge is -2.23. The molecule has 3 aromatic rings. The van der Waals surface area contributed by atoms with E-state index in [1.165, 1.54) is 21.9 Å². The Morgan fingerprint density at radius 2 is 1.67 bits per heavy atom. The van der Waals surface area contributed by atoms with Crippen LogP contribution in [-0.2, 0) is 14.3 Å². The van der Waals surface area contributed by atoms with Crippen molar-refractivity contribution in [2.45, 2.75) is 51.5 Å². The lowest BCUT2D eigenvalue weighted by molar-refractivity contribution is -0.143. The number of benzene rings is 3. The first-order valence-electron chi connectivity index (χ1n) is 13.3. The average Bonchev–Trinajstić information content (AvgIpc) is 3.34. The third-order valence-electron chi connectivity index (χ3n) is 7.32. The summed E-state index contributed by atoms with van der Waals surface area (Å²) in [6.45, 7) is 6.78. The summed E-state index contributed by atoms with van der Waals surface area (Å²) >= 11 is 0. The minimum absolute atomic E-state index is 0.179. The van der Waals surface area contributed by atoms with E-state index in [0.717, 1.165) is 19.6 Å². The molecular formula is C31H38N2O3. The molecule has 0 radical (unpaired) electrons. The van der Waals surface area contributed by atoms with Gasteiger partial charge in [-0.15, -0.1) is 0 Å². The molecule has 190 valence electrons. The largest absolute Gasteiger partial charge is 0.466 e. The van der Waals surface area contributed by atoms with Gasteiger partial charge in [0.1, 0.15) is 0 Å².